The van der Waals surface area contributed by atoms with Gasteiger partial charge in [-0.1, -0.05) is 37.3 Å². The van der Waals surface area contributed by atoms with Crippen LogP contribution in [0.1, 0.15) is 53.3 Å². The molecule has 0 fully saturated rings. The summed E-state index contributed by atoms with van der Waals surface area (Å²) in [6.45, 7) is 3.63. The first-order valence-corrected chi connectivity index (χ1v) is 9.81. The van der Waals surface area contributed by atoms with Crippen LogP contribution >= 0.6 is 0 Å². The van der Waals surface area contributed by atoms with Crippen molar-refractivity contribution in [2.45, 2.75) is 38.5 Å². The molecule has 3 aromatic rings. The van der Waals surface area contributed by atoms with Crippen molar-refractivity contribution in [3.05, 3.63) is 94.8 Å². The molecule has 1 heterocycles. The molecular weight excluding hydrogens is 405 g/mol. The van der Waals surface area contributed by atoms with Crippen molar-refractivity contribution in [3.8, 4) is 0 Å². The number of alkyl halides is 3. The van der Waals surface area contributed by atoms with Gasteiger partial charge in [0, 0.05) is 18.3 Å². The number of aryl methyl sites for hydroxylation is 1. The number of benzene rings is 2. The smallest absolute Gasteiger partial charge is 0.382 e. The van der Waals surface area contributed by atoms with Crippen LogP contribution in [0.25, 0.3) is 0 Å². The maximum atomic E-state index is 12.7. The lowest BCUT2D eigenvalue weighted by Gasteiger charge is -2.16. The Morgan fingerprint density at radius 2 is 1.74 bits per heavy atom. The summed E-state index contributed by atoms with van der Waals surface area (Å²) in [6.07, 6.45) is -3.61. The van der Waals surface area contributed by atoms with E-state index in [4.69, 9.17) is 0 Å². The van der Waals surface area contributed by atoms with E-state index in [0.717, 1.165) is 17.7 Å². The summed E-state index contributed by atoms with van der Waals surface area (Å²) in [5.74, 6) is -0.523. The molecule has 1 amide bonds. The summed E-state index contributed by atoms with van der Waals surface area (Å²) in [5, 5.41) is 13.4. The number of carbonyl (C=O) groups excluding carboxylic acids is 1. The van der Waals surface area contributed by atoms with Gasteiger partial charge in [-0.25, -0.2) is 0 Å². The fraction of sp³-hybridized carbons (Fsp3) is 0.250. The van der Waals surface area contributed by atoms with Crippen molar-refractivity contribution < 1.29 is 23.1 Å². The summed E-state index contributed by atoms with van der Waals surface area (Å²) in [4.78, 5) is 16.7. The van der Waals surface area contributed by atoms with E-state index in [1.165, 1.54) is 12.1 Å². The molecule has 2 aromatic carbocycles. The number of aromatic nitrogens is 1. The van der Waals surface area contributed by atoms with E-state index in [1.54, 1.807) is 49.5 Å². The van der Waals surface area contributed by atoms with Crippen molar-refractivity contribution in [1.82, 2.24) is 4.98 Å². The third-order valence-electron chi connectivity index (χ3n) is 5.12. The third kappa shape index (κ3) is 5.70. The zero-order valence-electron chi connectivity index (χ0n) is 17.1. The van der Waals surface area contributed by atoms with E-state index in [0.29, 0.717) is 22.5 Å². The van der Waals surface area contributed by atoms with Crippen molar-refractivity contribution in [2.75, 3.05) is 5.32 Å². The van der Waals surface area contributed by atoms with Gasteiger partial charge in [-0.2, -0.15) is 13.2 Å². The number of pyridine rings is 1. The highest BCUT2D eigenvalue weighted by Crippen LogP contribution is 2.31. The van der Waals surface area contributed by atoms with Crippen molar-refractivity contribution in [3.63, 3.8) is 0 Å². The number of hydrogen-bond donors (Lipinski definition) is 2. The van der Waals surface area contributed by atoms with Gasteiger partial charge in [-0.3, -0.25) is 9.78 Å². The van der Waals surface area contributed by atoms with Crippen LogP contribution in [0.4, 0.5) is 18.9 Å². The molecular formula is C24H23F3N2O2. The van der Waals surface area contributed by atoms with E-state index < -0.39 is 17.8 Å². The van der Waals surface area contributed by atoms with Gasteiger partial charge in [0.05, 0.1) is 11.3 Å². The van der Waals surface area contributed by atoms with Crippen LogP contribution in [0, 0.1) is 6.92 Å². The quantitative estimate of drug-likeness (QED) is 0.535. The second kappa shape index (κ2) is 9.31. The highest BCUT2D eigenvalue weighted by atomic mass is 19.4. The van der Waals surface area contributed by atoms with Crippen molar-refractivity contribution in [1.29, 1.82) is 0 Å². The molecule has 1 aromatic heterocycles. The Morgan fingerprint density at radius 3 is 2.35 bits per heavy atom. The molecule has 2 N–H and O–H groups in total. The lowest BCUT2D eigenvalue weighted by atomic mass is 9.96. The minimum Gasteiger partial charge on any atom is -0.382 e. The Kier molecular flexibility index (Phi) is 6.75. The summed E-state index contributed by atoms with van der Waals surface area (Å²) < 4.78 is 38.2. The second-order valence-electron chi connectivity index (χ2n) is 7.50. The van der Waals surface area contributed by atoms with E-state index >= 15 is 0 Å². The molecule has 0 aliphatic rings. The van der Waals surface area contributed by atoms with E-state index in [-0.39, 0.29) is 18.2 Å². The monoisotopic (exact) mass is 428 g/mol. The fourth-order valence-electron chi connectivity index (χ4n) is 3.25. The standard InChI is InChI=1S/C24H23F3N2O2/c1-15-6-7-18(23(31)20-5-3-4-12-28-20)14-21(15)29-22(30)13-16(2)17-8-10-19(11-9-17)24(25,26)27/h3-12,14,16,23,31H,13H2,1-2H3,(H,29,30). The van der Waals surface area contributed by atoms with Gasteiger partial charge >= 0.3 is 6.18 Å². The third-order valence-corrected chi connectivity index (χ3v) is 5.12. The maximum absolute atomic E-state index is 12.7. The van der Waals surface area contributed by atoms with Gasteiger partial charge in [-0.05, 0) is 59.9 Å². The number of anilines is 1. The Morgan fingerprint density at radius 1 is 1.06 bits per heavy atom. The molecule has 3 rings (SSSR count). The van der Waals surface area contributed by atoms with Gasteiger partial charge in [0.2, 0.25) is 5.91 Å². The lowest BCUT2D eigenvalue weighted by Crippen LogP contribution is -2.16. The van der Waals surface area contributed by atoms with Crippen LogP contribution in [-0.2, 0) is 11.0 Å². The van der Waals surface area contributed by atoms with Crippen molar-refractivity contribution in [2.24, 2.45) is 0 Å². The van der Waals surface area contributed by atoms with Gasteiger partial charge in [-0.15, -0.1) is 0 Å². The first-order valence-electron chi connectivity index (χ1n) is 9.81. The Bertz CT molecular complexity index is 1030. The number of nitrogens with zero attached hydrogens (tertiary/aromatic N) is 1. The summed E-state index contributed by atoms with van der Waals surface area (Å²) in [5.41, 5.74) is 2.42. The molecule has 2 atom stereocenters. The Balaban J connectivity index is 1.68. The molecule has 2 unspecified atom stereocenters. The number of rotatable bonds is 6. The number of hydrogen-bond acceptors (Lipinski definition) is 3. The molecule has 4 nitrogen and oxygen atoms in total. The molecule has 7 heteroatoms. The SMILES string of the molecule is Cc1ccc(C(O)c2ccccn2)cc1NC(=O)CC(C)c1ccc(C(F)(F)F)cc1. The number of carbonyl (C=O) groups is 1. The zero-order valence-corrected chi connectivity index (χ0v) is 17.1. The lowest BCUT2D eigenvalue weighted by molar-refractivity contribution is -0.137. The molecule has 0 aliphatic carbocycles. The topological polar surface area (TPSA) is 62.2 Å². The minimum absolute atomic E-state index is 0.109. The molecule has 0 saturated heterocycles. The number of halogens is 3. The van der Waals surface area contributed by atoms with Crippen LogP contribution in [0.5, 0.6) is 0 Å². The molecule has 0 bridgehead atoms. The molecule has 0 spiro atoms. The highest BCUT2D eigenvalue weighted by Gasteiger charge is 2.30. The molecule has 162 valence electrons. The van der Waals surface area contributed by atoms with Gasteiger partial charge in [0.15, 0.2) is 0 Å². The van der Waals surface area contributed by atoms with Crippen molar-refractivity contribution >= 4 is 11.6 Å². The number of aliphatic hydroxyl groups is 1. The summed E-state index contributed by atoms with van der Waals surface area (Å²) in [6, 6.07) is 15.4. The molecule has 0 radical (unpaired) electrons. The van der Waals surface area contributed by atoms with E-state index in [1.807, 2.05) is 6.92 Å². The molecule has 0 saturated carbocycles. The van der Waals surface area contributed by atoms with Crippen LogP contribution in [0.2, 0.25) is 0 Å². The molecule has 31 heavy (non-hydrogen) atoms. The normalized spacial score (nSPS) is 13.5. The van der Waals surface area contributed by atoms with Crippen LogP contribution in [-0.4, -0.2) is 16.0 Å². The second-order valence-corrected chi connectivity index (χ2v) is 7.50. The van der Waals surface area contributed by atoms with Gasteiger partial charge in [0.25, 0.3) is 0 Å². The Labute approximate surface area is 178 Å². The summed E-state index contributed by atoms with van der Waals surface area (Å²) in [7, 11) is 0. The average molecular weight is 428 g/mol. The van der Waals surface area contributed by atoms with Crippen LogP contribution in [0.3, 0.4) is 0 Å². The average Bonchev–Trinajstić information content (AvgIpc) is 2.75. The highest BCUT2D eigenvalue weighted by molar-refractivity contribution is 5.92. The number of amides is 1. The predicted molar refractivity (Wildman–Crippen MR) is 113 cm³/mol. The largest absolute Gasteiger partial charge is 0.416 e. The predicted octanol–water partition coefficient (Wildman–Crippen LogP) is 5.62. The maximum Gasteiger partial charge on any atom is 0.416 e. The fourth-order valence-corrected chi connectivity index (χ4v) is 3.25. The minimum atomic E-state index is -4.39. The Hall–Kier alpha value is -3.19. The number of nitrogens with one attached hydrogen (secondary N) is 1. The van der Waals surface area contributed by atoms with Crippen LogP contribution in [0.15, 0.2) is 66.9 Å². The van der Waals surface area contributed by atoms with Gasteiger partial charge < -0.3 is 10.4 Å². The van der Waals surface area contributed by atoms with Gasteiger partial charge in [0.1, 0.15) is 6.10 Å². The first-order chi connectivity index (χ1) is 14.6. The van der Waals surface area contributed by atoms with Crippen LogP contribution < -0.4 is 5.32 Å². The van der Waals surface area contributed by atoms with E-state index in [9.17, 15) is 23.1 Å². The zero-order chi connectivity index (χ0) is 22.6. The summed E-state index contributed by atoms with van der Waals surface area (Å²) >= 11 is 0. The van der Waals surface area contributed by atoms with E-state index in [2.05, 4.69) is 10.3 Å². The number of aliphatic hydroxyl groups excluding tert-OH is 1. The molecule has 0 aliphatic heterocycles. The first kappa shape index (κ1) is 22.5.